The van der Waals surface area contributed by atoms with Crippen LogP contribution in [0.1, 0.15) is 77.0 Å². The van der Waals surface area contributed by atoms with E-state index in [1.807, 2.05) is 55.5 Å². The Hall–Kier alpha value is -3.76. The molecule has 0 aliphatic heterocycles. The highest BCUT2D eigenvalue weighted by Gasteiger charge is 2.49. The predicted molar refractivity (Wildman–Crippen MR) is 173 cm³/mol. The van der Waals surface area contributed by atoms with Crippen LogP contribution in [0.4, 0.5) is 5.69 Å². The molecule has 3 aromatic carbocycles. The molecule has 8 nitrogen and oxygen atoms in total. The number of carbonyl (C=O) groups is 2. The van der Waals surface area contributed by atoms with E-state index < -0.39 is 11.6 Å². The highest BCUT2D eigenvalue weighted by atomic mass is 32.1. The number of carbonyl (C=O) groups excluding carboxylic acids is 2. The summed E-state index contributed by atoms with van der Waals surface area (Å²) in [5.74, 6) is 0.776. The second kappa shape index (κ2) is 11.7. The molecule has 0 spiro atoms. The zero-order valence-corrected chi connectivity index (χ0v) is 25.4. The first-order valence-corrected chi connectivity index (χ1v) is 15.9. The molecule has 1 aromatic heterocycles. The number of amides is 1. The molecule has 224 valence electrons. The van der Waals surface area contributed by atoms with Gasteiger partial charge in [0.05, 0.1) is 15.6 Å². The van der Waals surface area contributed by atoms with Crippen molar-refractivity contribution in [2.45, 2.75) is 69.6 Å². The third-order valence-electron chi connectivity index (χ3n) is 8.87. The first-order chi connectivity index (χ1) is 20.7. The van der Waals surface area contributed by atoms with Gasteiger partial charge in [-0.3, -0.25) is 9.59 Å². The van der Waals surface area contributed by atoms with E-state index in [2.05, 4.69) is 17.6 Å². The summed E-state index contributed by atoms with van der Waals surface area (Å²) in [5.41, 5.74) is 21.8. The molecule has 0 saturated heterocycles. The molecule has 1 amide bonds. The number of rotatable bonds is 8. The Morgan fingerprint density at radius 2 is 1.70 bits per heavy atom. The van der Waals surface area contributed by atoms with Crippen LogP contribution >= 0.6 is 11.3 Å². The fraction of sp³-hybridized carbons (Fsp3) is 0.353. The molecule has 6 rings (SSSR count). The number of hydrogen-bond acceptors (Lipinski definition) is 8. The average Bonchev–Trinajstić information content (AvgIpc) is 3.42. The molecule has 0 bridgehead atoms. The van der Waals surface area contributed by atoms with Crippen LogP contribution < -0.4 is 32.6 Å². The number of nitrogen functional groups attached to an aromatic ring is 1. The summed E-state index contributed by atoms with van der Waals surface area (Å²) in [6, 6.07) is 18.1. The van der Waals surface area contributed by atoms with Gasteiger partial charge >= 0.3 is 0 Å². The first-order valence-electron chi connectivity index (χ1n) is 15.0. The zero-order chi connectivity index (χ0) is 30.3. The van der Waals surface area contributed by atoms with E-state index in [0.717, 1.165) is 48.9 Å². The van der Waals surface area contributed by atoms with Gasteiger partial charge < -0.3 is 32.6 Å². The van der Waals surface area contributed by atoms with Gasteiger partial charge in [-0.05, 0) is 92.6 Å². The Morgan fingerprint density at radius 3 is 2.40 bits per heavy atom. The third kappa shape index (κ3) is 5.20. The molecule has 2 unspecified atom stereocenters. The summed E-state index contributed by atoms with van der Waals surface area (Å²) in [7, 11) is 0. The fourth-order valence-electron chi connectivity index (χ4n) is 6.64. The third-order valence-corrected chi connectivity index (χ3v) is 10.1. The fourth-order valence-corrected chi connectivity index (χ4v) is 7.84. The maximum absolute atomic E-state index is 14.2. The molecule has 4 aromatic rings. The van der Waals surface area contributed by atoms with Gasteiger partial charge in [0.25, 0.3) is 5.91 Å². The summed E-state index contributed by atoms with van der Waals surface area (Å²) in [6.07, 6.45) is 4.95. The molecular formula is C34H39N5O3S. The topological polar surface area (TPSA) is 145 Å². The molecule has 2 atom stereocenters. The van der Waals surface area contributed by atoms with Crippen molar-refractivity contribution in [2.24, 2.45) is 11.5 Å². The SMILES string of the molecule is CCCNC1CCC(NC(=O)c2sc3c(N)ccc4c3c2C(N)C(=O)C4(N)c2ccc(Oc3ccccc3)cc2C)CC1. The van der Waals surface area contributed by atoms with E-state index in [-0.39, 0.29) is 17.7 Å². The Morgan fingerprint density at radius 1 is 1.00 bits per heavy atom. The van der Waals surface area contributed by atoms with Crippen LogP contribution in [0.5, 0.6) is 11.5 Å². The first kappa shape index (κ1) is 29.3. The van der Waals surface area contributed by atoms with Gasteiger partial charge in [0.1, 0.15) is 17.0 Å². The van der Waals surface area contributed by atoms with Crippen molar-refractivity contribution >= 4 is 38.8 Å². The number of hydrogen-bond donors (Lipinski definition) is 5. The van der Waals surface area contributed by atoms with E-state index in [0.29, 0.717) is 50.2 Å². The van der Waals surface area contributed by atoms with Crippen LogP contribution in [-0.4, -0.2) is 30.3 Å². The molecule has 1 heterocycles. The Bertz CT molecular complexity index is 1680. The maximum Gasteiger partial charge on any atom is 0.261 e. The van der Waals surface area contributed by atoms with Crippen molar-refractivity contribution in [3.8, 4) is 11.5 Å². The number of nitrogens with two attached hydrogens (primary N) is 3. The van der Waals surface area contributed by atoms with Crippen LogP contribution in [0.2, 0.25) is 0 Å². The van der Waals surface area contributed by atoms with Crippen molar-refractivity contribution < 1.29 is 14.3 Å². The Kier molecular flexibility index (Phi) is 8.00. The van der Waals surface area contributed by atoms with Crippen LogP contribution in [-0.2, 0) is 10.3 Å². The van der Waals surface area contributed by atoms with Crippen molar-refractivity contribution in [2.75, 3.05) is 12.3 Å². The summed E-state index contributed by atoms with van der Waals surface area (Å²) in [5, 5.41) is 7.52. The van der Waals surface area contributed by atoms with Crippen molar-refractivity contribution in [1.82, 2.24) is 10.6 Å². The second-order valence-electron chi connectivity index (χ2n) is 11.8. The van der Waals surface area contributed by atoms with Crippen molar-refractivity contribution in [3.63, 3.8) is 0 Å². The smallest absolute Gasteiger partial charge is 0.261 e. The average molecular weight is 598 g/mol. The number of aryl methyl sites for hydroxylation is 1. The number of thiophene rings is 1. The molecule has 1 fully saturated rings. The monoisotopic (exact) mass is 597 g/mol. The van der Waals surface area contributed by atoms with Crippen molar-refractivity contribution in [3.05, 3.63) is 87.8 Å². The van der Waals surface area contributed by atoms with Gasteiger partial charge in [0, 0.05) is 28.7 Å². The Labute approximate surface area is 256 Å². The minimum Gasteiger partial charge on any atom is -0.457 e. The minimum atomic E-state index is -1.52. The summed E-state index contributed by atoms with van der Waals surface area (Å²) in [6.45, 7) is 5.08. The normalized spacial score (nSPS) is 23.3. The van der Waals surface area contributed by atoms with E-state index in [1.165, 1.54) is 11.3 Å². The van der Waals surface area contributed by atoms with E-state index in [9.17, 15) is 9.59 Å². The van der Waals surface area contributed by atoms with Crippen LogP contribution in [0, 0.1) is 6.92 Å². The van der Waals surface area contributed by atoms with Crippen LogP contribution in [0.15, 0.2) is 60.7 Å². The van der Waals surface area contributed by atoms with Gasteiger partial charge in [0.15, 0.2) is 5.78 Å². The number of benzene rings is 3. The molecule has 0 radical (unpaired) electrons. The van der Waals surface area contributed by atoms with E-state index in [4.69, 9.17) is 21.9 Å². The lowest BCUT2D eigenvalue weighted by Gasteiger charge is -2.37. The molecular weight excluding hydrogens is 558 g/mol. The minimum absolute atomic E-state index is 0.0739. The van der Waals surface area contributed by atoms with E-state index >= 15 is 0 Å². The molecule has 8 N–H and O–H groups in total. The molecule has 43 heavy (non-hydrogen) atoms. The zero-order valence-electron chi connectivity index (χ0n) is 24.6. The lowest BCUT2D eigenvalue weighted by molar-refractivity contribution is -0.124. The highest BCUT2D eigenvalue weighted by molar-refractivity contribution is 7.21. The predicted octanol–water partition coefficient (Wildman–Crippen LogP) is 5.41. The number of Topliss-reactive ketones (excluding diaryl/α,β-unsaturated/α-hetero) is 1. The van der Waals surface area contributed by atoms with Gasteiger partial charge in [-0.25, -0.2) is 0 Å². The van der Waals surface area contributed by atoms with Crippen molar-refractivity contribution in [1.29, 1.82) is 0 Å². The number of ketones is 1. The van der Waals surface area contributed by atoms with Gasteiger partial charge in [-0.1, -0.05) is 37.3 Å². The highest BCUT2D eigenvalue weighted by Crippen LogP contribution is 2.50. The standard InChI is InChI=1S/C34H39N5O3S/c1-3-17-38-20-9-11-21(12-10-20)39-33(41)31-28-27-25(15-16-26(35)30(27)43-31)34(37,32(40)29(28)36)24-14-13-23(18-19(24)2)42-22-7-5-4-6-8-22/h4-8,13-16,18,20-21,29,38H,3,9-12,17,35-37H2,1-2H3,(H,39,41). The van der Waals surface area contributed by atoms with Crippen LogP contribution in [0.25, 0.3) is 10.1 Å². The van der Waals surface area contributed by atoms with Crippen LogP contribution in [0.3, 0.4) is 0 Å². The molecule has 1 saturated carbocycles. The number of nitrogens with one attached hydrogen (secondary N) is 2. The number of anilines is 1. The lowest BCUT2D eigenvalue weighted by Crippen LogP contribution is -2.53. The lowest BCUT2D eigenvalue weighted by atomic mass is 9.69. The molecule has 9 heteroatoms. The molecule has 2 aliphatic rings. The van der Waals surface area contributed by atoms with Gasteiger partial charge in [0.2, 0.25) is 0 Å². The largest absolute Gasteiger partial charge is 0.457 e. The maximum atomic E-state index is 14.2. The van der Waals surface area contributed by atoms with E-state index in [1.54, 1.807) is 12.1 Å². The van der Waals surface area contributed by atoms with Gasteiger partial charge in [-0.15, -0.1) is 11.3 Å². The summed E-state index contributed by atoms with van der Waals surface area (Å²) < 4.78 is 6.74. The quantitative estimate of drug-likeness (QED) is 0.171. The summed E-state index contributed by atoms with van der Waals surface area (Å²) in [4.78, 5) is 28.4. The number of ether oxygens (including phenoxy) is 1. The molecule has 2 aliphatic carbocycles. The number of para-hydroxylation sites is 1. The van der Waals surface area contributed by atoms with Gasteiger partial charge in [-0.2, -0.15) is 0 Å². The Balaban J connectivity index is 1.34. The summed E-state index contributed by atoms with van der Waals surface area (Å²) >= 11 is 1.29. The second-order valence-corrected chi connectivity index (χ2v) is 12.8.